The summed E-state index contributed by atoms with van der Waals surface area (Å²) in [6.45, 7) is 6.77. The van der Waals surface area contributed by atoms with Crippen LogP contribution in [0.2, 0.25) is 0 Å². The topological polar surface area (TPSA) is 174 Å². The van der Waals surface area contributed by atoms with Gasteiger partial charge < -0.3 is 26.2 Å². The molecule has 0 unspecified atom stereocenters. The minimum absolute atomic E-state index is 0.0903. The van der Waals surface area contributed by atoms with Crippen LogP contribution in [0.25, 0.3) is 0 Å². The van der Waals surface area contributed by atoms with E-state index in [9.17, 15) is 32.4 Å². The number of ketones is 1. The van der Waals surface area contributed by atoms with Crippen molar-refractivity contribution in [3.63, 3.8) is 0 Å². The Balaban J connectivity index is 1.57. The Morgan fingerprint density at radius 2 is 1.51 bits per heavy atom. The number of nitrogens with one attached hydrogen (secondary N) is 4. The van der Waals surface area contributed by atoms with Crippen molar-refractivity contribution in [1.29, 1.82) is 0 Å². The summed E-state index contributed by atoms with van der Waals surface area (Å²) in [5.74, 6) is -2.43. The predicted octanol–water partition coefficient (Wildman–Crippen LogP) is 2.84. The highest BCUT2D eigenvalue weighted by Crippen LogP contribution is 2.65. The first-order valence-electron chi connectivity index (χ1n) is 18.6. The molecule has 4 aliphatic rings. The fraction of sp³-hybridized carbons (Fsp3) is 0.857. The van der Waals surface area contributed by atoms with Crippen molar-refractivity contribution < 1.29 is 32.4 Å². The number of hydrogen-bond donors (Lipinski definition) is 4. The van der Waals surface area contributed by atoms with Crippen molar-refractivity contribution in [2.75, 3.05) is 32.9 Å². The summed E-state index contributed by atoms with van der Waals surface area (Å²) in [6.07, 6.45) is 11.0. The van der Waals surface area contributed by atoms with E-state index in [2.05, 4.69) is 35.1 Å². The number of carbonyl (C=O) groups is 5. The van der Waals surface area contributed by atoms with Gasteiger partial charge in [0, 0.05) is 27.2 Å². The Morgan fingerprint density at radius 3 is 2.12 bits per heavy atom. The van der Waals surface area contributed by atoms with E-state index in [0.717, 1.165) is 51.4 Å². The Labute approximate surface area is 292 Å². The molecule has 2 saturated heterocycles. The smallest absolute Gasteiger partial charge is 0.315 e. The molecule has 5 atom stereocenters. The number of Topliss-reactive ketones (excluding diaryl/α,β-unsaturated/α-hetero) is 1. The van der Waals surface area contributed by atoms with E-state index >= 15 is 0 Å². The van der Waals surface area contributed by atoms with Crippen LogP contribution in [0.4, 0.5) is 4.79 Å². The van der Waals surface area contributed by atoms with E-state index < -0.39 is 57.3 Å². The van der Waals surface area contributed by atoms with Gasteiger partial charge in [0.25, 0.3) is 5.91 Å². The molecule has 0 aromatic rings. The zero-order chi connectivity index (χ0) is 36.0. The lowest BCUT2D eigenvalue weighted by Crippen LogP contribution is -2.62. The molecule has 2 saturated carbocycles. The number of nitrogens with zero attached hydrogens (tertiary/aromatic N) is 2. The molecule has 0 bridgehead atoms. The summed E-state index contributed by atoms with van der Waals surface area (Å²) in [5.41, 5.74) is -1.12. The van der Waals surface area contributed by atoms with Crippen LogP contribution in [0.3, 0.4) is 0 Å². The fourth-order valence-corrected chi connectivity index (χ4v) is 9.63. The number of fused-ring (bicyclic) bond motifs is 3. The fourth-order valence-electron chi connectivity index (χ4n) is 8.31. The molecule has 5 amide bonds. The molecule has 4 N–H and O–H groups in total. The van der Waals surface area contributed by atoms with Gasteiger partial charge in [0.15, 0.2) is 0 Å². The quantitative estimate of drug-likeness (QED) is 0.267. The van der Waals surface area contributed by atoms with Crippen LogP contribution >= 0.6 is 0 Å². The lowest BCUT2D eigenvalue weighted by atomic mass is 9.83. The average molecular weight is 709 g/mol. The van der Waals surface area contributed by atoms with Crippen LogP contribution in [-0.4, -0.2) is 104 Å². The van der Waals surface area contributed by atoms with Crippen molar-refractivity contribution in [3.8, 4) is 0 Å². The molecule has 0 spiro atoms. The summed E-state index contributed by atoms with van der Waals surface area (Å²) < 4.78 is 27.1. The molecular weight excluding hydrogens is 648 g/mol. The third-order valence-electron chi connectivity index (χ3n) is 11.4. The van der Waals surface area contributed by atoms with Crippen molar-refractivity contribution in [1.82, 2.24) is 30.5 Å². The zero-order valence-corrected chi connectivity index (χ0v) is 31.1. The molecule has 278 valence electrons. The van der Waals surface area contributed by atoms with Gasteiger partial charge in [-0.3, -0.25) is 19.2 Å². The third-order valence-corrected chi connectivity index (χ3v) is 13.5. The number of rotatable bonds is 9. The molecule has 4 fully saturated rings. The largest absolute Gasteiger partial charge is 0.349 e. The second-order valence-corrected chi connectivity index (χ2v) is 17.8. The zero-order valence-electron chi connectivity index (χ0n) is 30.3. The van der Waals surface area contributed by atoms with Gasteiger partial charge in [-0.25, -0.2) is 17.5 Å². The molecule has 4 rings (SSSR count). The van der Waals surface area contributed by atoms with Crippen LogP contribution in [0.1, 0.15) is 117 Å². The number of hydrogen-bond acceptors (Lipinski definition) is 7. The summed E-state index contributed by atoms with van der Waals surface area (Å²) in [6, 6.07) is -3.32. The number of amides is 5. The second-order valence-electron chi connectivity index (χ2n) is 15.7. The first-order valence-corrected chi connectivity index (χ1v) is 20.2. The second kappa shape index (κ2) is 16.5. The number of urea groups is 1. The number of sulfonamides is 1. The minimum Gasteiger partial charge on any atom is -0.349 e. The maximum absolute atomic E-state index is 14.4. The molecule has 2 heterocycles. The van der Waals surface area contributed by atoms with E-state index in [1.54, 1.807) is 4.90 Å². The number of piperidine rings is 1. The maximum Gasteiger partial charge on any atom is 0.315 e. The van der Waals surface area contributed by atoms with E-state index in [-0.39, 0.29) is 28.9 Å². The van der Waals surface area contributed by atoms with Crippen LogP contribution < -0.4 is 21.3 Å². The number of carbonyl (C=O) groups excluding carboxylic acids is 5. The van der Waals surface area contributed by atoms with Crippen molar-refractivity contribution >= 4 is 39.6 Å². The minimum atomic E-state index is -3.61. The van der Waals surface area contributed by atoms with Gasteiger partial charge in [-0.2, -0.15) is 0 Å². The normalized spacial score (nSPS) is 29.3. The summed E-state index contributed by atoms with van der Waals surface area (Å²) in [5, 5.41) is 11.4. The lowest BCUT2D eigenvalue weighted by molar-refractivity contribution is -0.144. The Hall–Kier alpha value is -2.74. The molecule has 2 aliphatic heterocycles. The molecule has 0 radical (unpaired) electrons. The maximum atomic E-state index is 14.4. The monoisotopic (exact) mass is 708 g/mol. The van der Waals surface area contributed by atoms with Gasteiger partial charge in [-0.15, -0.1) is 0 Å². The molecular formula is C35H60N6O7S. The first-order chi connectivity index (χ1) is 23.1. The van der Waals surface area contributed by atoms with Crippen molar-refractivity contribution in [3.05, 3.63) is 0 Å². The van der Waals surface area contributed by atoms with Crippen molar-refractivity contribution in [2.24, 2.45) is 17.3 Å². The summed E-state index contributed by atoms with van der Waals surface area (Å²) in [7, 11) is -0.647. The molecule has 14 heteroatoms. The summed E-state index contributed by atoms with van der Waals surface area (Å²) >= 11 is 0. The summed E-state index contributed by atoms with van der Waals surface area (Å²) in [4.78, 5) is 69.6. The van der Waals surface area contributed by atoms with Gasteiger partial charge in [0.1, 0.15) is 12.1 Å². The van der Waals surface area contributed by atoms with E-state index in [0.29, 0.717) is 58.0 Å². The molecule has 0 aromatic carbocycles. The van der Waals surface area contributed by atoms with Gasteiger partial charge in [-0.1, -0.05) is 85.0 Å². The Morgan fingerprint density at radius 1 is 0.918 bits per heavy atom. The van der Waals surface area contributed by atoms with Crippen LogP contribution in [0, 0.1) is 17.3 Å². The molecule has 49 heavy (non-hydrogen) atoms. The Bertz CT molecular complexity index is 1330. The van der Waals surface area contributed by atoms with Gasteiger partial charge in [-0.05, 0) is 49.4 Å². The van der Waals surface area contributed by atoms with Gasteiger partial charge in [0.2, 0.25) is 27.6 Å². The molecule has 2 aliphatic carbocycles. The van der Waals surface area contributed by atoms with Crippen LogP contribution in [0.5, 0.6) is 0 Å². The highest BCUT2D eigenvalue weighted by Gasteiger charge is 2.69. The van der Waals surface area contributed by atoms with Crippen LogP contribution in [0.15, 0.2) is 0 Å². The molecule has 0 aromatic heterocycles. The predicted molar refractivity (Wildman–Crippen MR) is 187 cm³/mol. The highest BCUT2D eigenvalue weighted by molar-refractivity contribution is 7.89. The standard InChI is InChI=1S/C35H60N6O7S/c1-6-21-36-31(44)29(42)25-17-13-10-8-7-9-11-14-18-26(32(45)41-22-24-27(34(24,2)3)28(41)30(43)37-25)38-33(46)39-35(19-15-12-16-20-35)23-49(47,48)40(4)5/h24-28H,6-23H2,1-5H3,(H,36,44)(H,37,43)(H2,38,39,46)/t24-,25-,26+,27-,28-/m0/s1. The highest BCUT2D eigenvalue weighted by atomic mass is 32.2. The third kappa shape index (κ3) is 9.53. The van der Waals surface area contributed by atoms with E-state index in [4.69, 9.17) is 0 Å². The average Bonchev–Trinajstić information content (AvgIpc) is 3.34. The molecule has 13 nitrogen and oxygen atoms in total. The van der Waals surface area contributed by atoms with E-state index in [1.165, 1.54) is 18.4 Å². The van der Waals surface area contributed by atoms with Gasteiger partial charge in [0.05, 0.1) is 17.3 Å². The van der Waals surface area contributed by atoms with Crippen LogP contribution in [-0.2, 0) is 29.2 Å². The lowest BCUT2D eigenvalue weighted by Gasteiger charge is -2.39. The van der Waals surface area contributed by atoms with Gasteiger partial charge >= 0.3 is 6.03 Å². The SMILES string of the molecule is CCCNC(=O)C(=O)[C@@H]1CCCCCCCCC[C@@H](NC(=O)NC2(CS(=O)(=O)N(C)C)CCCCC2)C(=O)N2C[C@H]3[C@@H]([C@H]2C(=O)N1)C3(C)C. The van der Waals surface area contributed by atoms with E-state index in [1.807, 2.05) is 6.92 Å². The van der Waals surface area contributed by atoms with Crippen molar-refractivity contribution in [2.45, 2.75) is 141 Å². The first kappa shape index (κ1) is 39.1. The Kier molecular flexibility index (Phi) is 13.2.